The Labute approximate surface area is 286 Å². The van der Waals surface area contributed by atoms with Gasteiger partial charge < -0.3 is 4.74 Å². The molecule has 0 aliphatic rings. The van der Waals surface area contributed by atoms with Crippen molar-refractivity contribution in [2.24, 2.45) is 11.8 Å². The zero-order valence-corrected chi connectivity index (χ0v) is 28.2. The van der Waals surface area contributed by atoms with E-state index in [0.29, 0.717) is 17.5 Å². The van der Waals surface area contributed by atoms with Crippen molar-refractivity contribution in [3.63, 3.8) is 0 Å². The Bertz CT molecular complexity index is 2530. The SMILES string of the molecule is [C-]#[N+]c1ccc2c3ccc(Oc4ccc5c6ccccc6n(-c6ccc(CC(C)C)cn6)c5c4)cc3n(-c3ccc(CC(C)C)cn3)c2c1. The van der Waals surface area contributed by atoms with Crippen LogP contribution in [0.1, 0.15) is 38.8 Å². The van der Waals surface area contributed by atoms with Crippen LogP contribution in [0.3, 0.4) is 0 Å². The molecule has 0 fully saturated rings. The summed E-state index contributed by atoms with van der Waals surface area (Å²) in [4.78, 5) is 13.5. The van der Waals surface area contributed by atoms with E-state index in [1.807, 2.05) is 42.7 Å². The maximum Gasteiger partial charge on any atom is 0.189 e. The number of aromatic nitrogens is 4. The fourth-order valence-electron chi connectivity index (χ4n) is 7.05. The van der Waals surface area contributed by atoms with Crippen LogP contribution >= 0.6 is 0 Å². The number of benzene rings is 4. The summed E-state index contributed by atoms with van der Waals surface area (Å²) in [6.45, 7) is 16.5. The Hall–Kier alpha value is -5.93. The Morgan fingerprint density at radius 1 is 0.571 bits per heavy atom. The van der Waals surface area contributed by atoms with Crippen LogP contribution in [0.15, 0.2) is 116 Å². The standard InChI is InChI=1S/C43H37N5O/c1-27(2)20-29-10-18-42(45-25-29)47-38-9-7-6-8-34(38)36-16-13-32(23-40(36)47)49-33-14-17-37-35-15-12-31(44-5)22-39(35)48(41(37)24-33)43-19-11-30(26-46-43)21-28(3)4/h6-19,22-28H,20-21H2,1-4H3. The van der Waals surface area contributed by atoms with Gasteiger partial charge in [-0.2, -0.15) is 0 Å². The fourth-order valence-corrected chi connectivity index (χ4v) is 7.05. The molecular weight excluding hydrogens is 603 g/mol. The summed E-state index contributed by atoms with van der Waals surface area (Å²) in [5.74, 6) is 4.27. The summed E-state index contributed by atoms with van der Waals surface area (Å²) in [5.41, 5.74) is 7.11. The molecule has 4 aromatic heterocycles. The Balaban J connectivity index is 1.23. The lowest BCUT2D eigenvalue weighted by Crippen LogP contribution is -2.00. The summed E-state index contributed by atoms with van der Waals surface area (Å²) in [6.07, 6.45) is 5.94. The van der Waals surface area contributed by atoms with Gasteiger partial charge >= 0.3 is 0 Å². The van der Waals surface area contributed by atoms with Gasteiger partial charge in [0.1, 0.15) is 23.1 Å². The van der Waals surface area contributed by atoms with E-state index in [2.05, 4.69) is 114 Å². The molecule has 0 saturated heterocycles. The number of hydrogen-bond donors (Lipinski definition) is 0. The van der Waals surface area contributed by atoms with E-state index < -0.39 is 0 Å². The van der Waals surface area contributed by atoms with Crippen molar-refractivity contribution in [2.45, 2.75) is 40.5 Å². The minimum absolute atomic E-state index is 0.550. The molecule has 0 N–H and O–H groups in total. The second-order valence-corrected chi connectivity index (χ2v) is 13.7. The van der Waals surface area contributed by atoms with Gasteiger partial charge in [0, 0.05) is 51.6 Å². The molecular formula is C43H37N5O. The monoisotopic (exact) mass is 639 g/mol. The van der Waals surface area contributed by atoms with Gasteiger partial charge in [-0.3, -0.25) is 9.13 Å². The highest BCUT2D eigenvalue weighted by Crippen LogP contribution is 2.38. The molecule has 0 aliphatic carbocycles. The van der Waals surface area contributed by atoms with Gasteiger partial charge in [0.05, 0.1) is 23.1 Å². The normalized spacial score (nSPS) is 11.8. The van der Waals surface area contributed by atoms with E-state index in [4.69, 9.17) is 21.3 Å². The van der Waals surface area contributed by atoms with Gasteiger partial charge in [-0.05, 0) is 84.3 Å². The Morgan fingerprint density at radius 2 is 1.06 bits per heavy atom. The predicted octanol–water partition coefficient (Wildman–Crippen LogP) is 11.4. The molecule has 0 atom stereocenters. The van der Waals surface area contributed by atoms with E-state index in [9.17, 15) is 0 Å². The van der Waals surface area contributed by atoms with Crippen LogP contribution in [0.2, 0.25) is 0 Å². The third-order valence-corrected chi connectivity index (χ3v) is 9.10. The molecule has 4 heterocycles. The maximum atomic E-state index is 7.65. The van der Waals surface area contributed by atoms with Gasteiger partial charge in [-0.25, -0.2) is 14.8 Å². The maximum absolute atomic E-state index is 7.65. The molecule has 8 aromatic rings. The van der Waals surface area contributed by atoms with Gasteiger partial charge in [-0.15, -0.1) is 0 Å². The largest absolute Gasteiger partial charge is 0.457 e. The first-order valence-corrected chi connectivity index (χ1v) is 16.9. The third-order valence-electron chi connectivity index (χ3n) is 9.10. The first-order chi connectivity index (χ1) is 23.9. The molecule has 6 heteroatoms. The van der Waals surface area contributed by atoms with E-state index in [1.54, 1.807) is 0 Å². The highest BCUT2D eigenvalue weighted by atomic mass is 16.5. The molecule has 8 rings (SSSR count). The van der Waals surface area contributed by atoms with Crippen molar-refractivity contribution >= 4 is 49.3 Å². The van der Waals surface area contributed by atoms with Crippen LogP contribution in [-0.2, 0) is 12.8 Å². The van der Waals surface area contributed by atoms with E-state index in [-0.39, 0.29) is 0 Å². The highest BCUT2D eigenvalue weighted by molar-refractivity contribution is 6.11. The molecule has 0 bridgehead atoms. The smallest absolute Gasteiger partial charge is 0.189 e. The predicted molar refractivity (Wildman–Crippen MR) is 201 cm³/mol. The third kappa shape index (κ3) is 5.58. The molecule has 49 heavy (non-hydrogen) atoms. The van der Waals surface area contributed by atoms with Crippen molar-refractivity contribution in [2.75, 3.05) is 0 Å². The molecule has 240 valence electrons. The summed E-state index contributed by atoms with van der Waals surface area (Å²) < 4.78 is 11.0. The van der Waals surface area contributed by atoms with Gasteiger partial charge in [0.15, 0.2) is 5.69 Å². The number of fused-ring (bicyclic) bond motifs is 6. The van der Waals surface area contributed by atoms with Gasteiger partial charge in [0.25, 0.3) is 0 Å². The molecule has 4 aromatic carbocycles. The average molecular weight is 640 g/mol. The number of rotatable bonds is 8. The van der Waals surface area contributed by atoms with Gasteiger partial charge in [0.2, 0.25) is 0 Å². The molecule has 0 saturated carbocycles. The van der Waals surface area contributed by atoms with Crippen molar-refractivity contribution < 1.29 is 4.74 Å². The summed E-state index contributed by atoms with van der Waals surface area (Å²) in [7, 11) is 0. The van der Waals surface area contributed by atoms with Crippen LogP contribution in [0, 0.1) is 18.4 Å². The molecule has 0 radical (unpaired) electrons. The van der Waals surface area contributed by atoms with Crippen LogP contribution in [0.25, 0.3) is 60.1 Å². The number of pyridine rings is 2. The lowest BCUT2D eigenvalue weighted by atomic mass is 10.1. The molecule has 0 spiro atoms. The lowest BCUT2D eigenvalue weighted by Gasteiger charge is -2.11. The second kappa shape index (κ2) is 12.3. The van der Waals surface area contributed by atoms with Crippen LogP contribution in [0.5, 0.6) is 11.5 Å². The fraction of sp³-hybridized carbons (Fsp3) is 0.186. The van der Waals surface area contributed by atoms with E-state index in [1.165, 1.54) is 16.5 Å². The molecule has 0 amide bonds. The minimum atomic E-state index is 0.550. The van der Waals surface area contributed by atoms with Crippen molar-refractivity contribution in [1.29, 1.82) is 0 Å². The van der Waals surface area contributed by atoms with Crippen LogP contribution in [0.4, 0.5) is 5.69 Å². The molecule has 6 nitrogen and oxygen atoms in total. The minimum Gasteiger partial charge on any atom is -0.457 e. The summed E-state index contributed by atoms with van der Waals surface area (Å²) >= 11 is 0. The summed E-state index contributed by atoms with van der Waals surface area (Å²) in [5, 5.41) is 4.47. The number of ether oxygens (including phenoxy) is 1. The van der Waals surface area contributed by atoms with Gasteiger partial charge in [-0.1, -0.05) is 70.2 Å². The van der Waals surface area contributed by atoms with Crippen molar-refractivity contribution in [3.05, 3.63) is 138 Å². The van der Waals surface area contributed by atoms with Crippen LogP contribution in [-0.4, -0.2) is 19.1 Å². The zero-order chi connectivity index (χ0) is 33.6. The van der Waals surface area contributed by atoms with Crippen molar-refractivity contribution in [3.8, 4) is 23.1 Å². The molecule has 0 aliphatic heterocycles. The topological polar surface area (TPSA) is 49.2 Å². The van der Waals surface area contributed by atoms with E-state index >= 15 is 0 Å². The second-order valence-electron chi connectivity index (χ2n) is 13.7. The quantitative estimate of drug-likeness (QED) is 0.155. The number of para-hydroxylation sites is 1. The Morgan fingerprint density at radius 3 is 1.57 bits per heavy atom. The Kier molecular flexibility index (Phi) is 7.61. The lowest BCUT2D eigenvalue weighted by molar-refractivity contribution is 0.484. The summed E-state index contributed by atoms with van der Waals surface area (Å²) in [6, 6.07) is 35.3. The van der Waals surface area contributed by atoms with Crippen LogP contribution < -0.4 is 4.74 Å². The number of nitrogens with zero attached hydrogens (tertiary/aromatic N) is 5. The highest BCUT2D eigenvalue weighted by Gasteiger charge is 2.17. The average Bonchev–Trinajstić information content (AvgIpc) is 3.60. The van der Waals surface area contributed by atoms with E-state index in [0.717, 1.165) is 74.2 Å². The number of hydrogen-bond acceptors (Lipinski definition) is 3. The first kappa shape index (κ1) is 30.4. The van der Waals surface area contributed by atoms with Crippen molar-refractivity contribution in [1.82, 2.24) is 19.1 Å². The zero-order valence-electron chi connectivity index (χ0n) is 28.2. The first-order valence-electron chi connectivity index (χ1n) is 16.9. The molecule has 0 unspecified atom stereocenters.